The van der Waals surface area contributed by atoms with Gasteiger partial charge in [0.1, 0.15) is 4.90 Å². The summed E-state index contributed by atoms with van der Waals surface area (Å²) in [5.74, 6) is -1.89. The van der Waals surface area contributed by atoms with Crippen LogP contribution in [0.25, 0.3) is 0 Å². The van der Waals surface area contributed by atoms with Gasteiger partial charge in [-0.2, -0.15) is 4.31 Å². The van der Waals surface area contributed by atoms with E-state index in [0.717, 1.165) is 0 Å². The summed E-state index contributed by atoms with van der Waals surface area (Å²) in [5.41, 5.74) is 0. The van der Waals surface area contributed by atoms with Gasteiger partial charge < -0.3 is 5.11 Å². The fourth-order valence-electron chi connectivity index (χ4n) is 2.25. The molecule has 1 aliphatic rings. The third-order valence-electron chi connectivity index (χ3n) is 3.41. The molecule has 20 heavy (non-hydrogen) atoms. The second kappa shape index (κ2) is 5.63. The molecule has 8 heteroatoms. The number of halogens is 2. The molecule has 1 aromatic carbocycles. The Morgan fingerprint density at radius 1 is 1.45 bits per heavy atom. The van der Waals surface area contributed by atoms with Crippen molar-refractivity contribution in [1.29, 1.82) is 0 Å². The van der Waals surface area contributed by atoms with E-state index in [1.54, 1.807) is 13.0 Å². The molecule has 0 amide bonds. The van der Waals surface area contributed by atoms with Crippen LogP contribution >= 0.6 is 27.5 Å². The minimum Gasteiger partial charge on any atom is -0.481 e. The quantitative estimate of drug-likeness (QED) is 0.871. The van der Waals surface area contributed by atoms with Crippen molar-refractivity contribution < 1.29 is 18.3 Å². The van der Waals surface area contributed by atoms with Crippen LogP contribution in [0, 0.1) is 11.8 Å². The summed E-state index contributed by atoms with van der Waals surface area (Å²) in [7, 11) is -3.78. The molecule has 0 spiro atoms. The molecular weight excluding hydrogens is 370 g/mol. The van der Waals surface area contributed by atoms with Gasteiger partial charge in [0.2, 0.25) is 10.0 Å². The van der Waals surface area contributed by atoms with E-state index in [0.29, 0.717) is 4.47 Å². The first-order valence-electron chi connectivity index (χ1n) is 5.91. The van der Waals surface area contributed by atoms with Gasteiger partial charge in [0, 0.05) is 17.6 Å². The largest absolute Gasteiger partial charge is 0.481 e. The first kappa shape index (κ1) is 15.8. The molecule has 1 aliphatic heterocycles. The van der Waals surface area contributed by atoms with E-state index in [-0.39, 0.29) is 28.9 Å². The smallest absolute Gasteiger partial charge is 0.308 e. The zero-order chi connectivity index (χ0) is 15.1. The van der Waals surface area contributed by atoms with Crippen molar-refractivity contribution in [3.63, 3.8) is 0 Å². The van der Waals surface area contributed by atoms with Gasteiger partial charge >= 0.3 is 5.97 Å². The molecule has 0 aromatic heterocycles. The molecule has 1 fully saturated rings. The third-order valence-corrected chi connectivity index (χ3v) is 6.21. The van der Waals surface area contributed by atoms with E-state index in [1.165, 1.54) is 16.4 Å². The van der Waals surface area contributed by atoms with E-state index in [4.69, 9.17) is 16.7 Å². The Morgan fingerprint density at radius 3 is 2.65 bits per heavy atom. The summed E-state index contributed by atoms with van der Waals surface area (Å²) in [6.07, 6.45) is 0. The highest BCUT2D eigenvalue weighted by molar-refractivity contribution is 9.10. The number of hydrogen-bond acceptors (Lipinski definition) is 3. The lowest BCUT2D eigenvalue weighted by Crippen LogP contribution is -2.30. The molecule has 2 rings (SSSR count). The van der Waals surface area contributed by atoms with Crippen molar-refractivity contribution in [2.75, 3.05) is 13.1 Å². The van der Waals surface area contributed by atoms with Crippen molar-refractivity contribution in [1.82, 2.24) is 4.31 Å². The van der Waals surface area contributed by atoms with Gasteiger partial charge in [-0.05, 0) is 24.1 Å². The van der Waals surface area contributed by atoms with Crippen LogP contribution in [0.4, 0.5) is 0 Å². The molecule has 1 heterocycles. The number of hydrogen-bond donors (Lipinski definition) is 1. The van der Waals surface area contributed by atoms with Gasteiger partial charge in [-0.15, -0.1) is 0 Å². The number of carbonyl (C=O) groups is 1. The Labute approximate surface area is 130 Å². The lowest BCUT2D eigenvalue weighted by Gasteiger charge is -2.17. The average molecular weight is 383 g/mol. The molecule has 110 valence electrons. The number of benzene rings is 1. The Morgan fingerprint density at radius 2 is 2.10 bits per heavy atom. The Bertz CT molecular complexity index is 649. The van der Waals surface area contributed by atoms with Gasteiger partial charge in [0.05, 0.1) is 10.9 Å². The topological polar surface area (TPSA) is 74.7 Å². The second-order valence-corrected chi connectivity index (χ2v) is 8.05. The van der Waals surface area contributed by atoms with Crippen molar-refractivity contribution in [2.45, 2.75) is 11.8 Å². The zero-order valence-electron chi connectivity index (χ0n) is 10.6. The number of carboxylic acid groups (broad SMARTS) is 1. The molecule has 0 radical (unpaired) electrons. The van der Waals surface area contributed by atoms with Crippen LogP contribution in [0.3, 0.4) is 0 Å². The van der Waals surface area contributed by atoms with Crippen LogP contribution in [0.2, 0.25) is 5.02 Å². The monoisotopic (exact) mass is 381 g/mol. The summed E-state index contributed by atoms with van der Waals surface area (Å²) >= 11 is 9.16. The second-order valence-electron chi connectivity index (χ2n) is 4.82. The summed E-state index contributed by atoms with van der Waals surface area (Å²) in [6, 6.07) is 4.57. The van der Waals surface area contributed by atoms with Crippen molar-refractivity contribution in [2.24, 2.45) is 11.8 Å². The molecule has 2 atom stereocenters. The fraction of sp³-hybridized carbons (Fsp3) is 0.417. The maximum absolute atomic E-state index is 12.5. The molecule has 1 aromatic rings. The lowest BCUT2D eigenvalue weighted by atomic mass is 9.99. The van der Waals surface area contributed by atoms with Crippen LogP contribution < -0.4 is 0 Å². The molecule has 5 nitrogen and oxygen atoms in total. The Kier molecular flexibility index (Phi) is 4.44. The molecule has 0 bridgehead atoms. The van der Waals surface area contributed by atoms with Gasteiger partial charge in [-0.25, -0.2) is 8.42 Å². The van der Waals surface area contributed by atoms with Gasteiger partial charge in [0.15, 0.2) is 0 Å². The minimum atomic E-state index is -3.78. The van der Waals surface area contributed by atoms with Crippen LogP contribution in [0.5, 0.6) is 0 Å². The highest BCUT2D eigenvalue weighted by Gasteiger charge is 2.41. The summed E-state index contributed by atoms with van der Waals surface area (Å²) in [6.45, 7) is 1.89. The first-order chi connectivity index (χ1) is 9.23. The lowest BCUT2D eigenvalue weighted by molar-refractivity contribution is -0.142. The van der Waals surface area contributed by atoms with E-state index in [9.17, 15) is 13.2 Å². The molecule has 1 saturated heterocycles. The molecular formula is C12H13BrClNO4S. The predicted molar refractivity (Wildman–Crippen MR) is 78.2 cm³/mol. The van der Waals surface area contributed by atoms with E-state index in [1.807, 2.05) is 0 Å². The fourth-order valence-corrected chi connectivity index (χ4v) is 4.83. The molecule has 1 N–H and O–H groups in total. The predicted octanol–water partition coefficient (Wildman–Crippen LogP) is 2.44. The van der Waals surface area contributed by atoms with Crippen molar-refractivity contribution in [3.05, 3.63) is 27.7 Å². The van der Waals surface area contributed by atoms with Crippen molar-refractivity contribution in [3.8, 4) is 0 Å². The Balaban J connectivity index is 2.37. The maximum Gasteiger partial charge on any atom is 0.308 e. The van der Waals surface area contributed by atoms with Crippen LogP contribution in [-0.2, 0) is 14.8 Å². The number of carboxylic acids is 1. The average Bonchev–Trinajstić information content (AvgIpc) is 2.75. The highest BCUT2D eigenvalue weighted by Crippen LogP contribution is 2.32. The summed E-state index contributed by atoms with van der Waals surface area (Å²) in [4.78, 5) is 11.1. The zero-order valence-corrected chi connectivity index (χ0v) is 13.7. The SMILES string of the molecule is C[C@@H]1CN(S(=O)(=O)c2cc(Br)ccc2Cl)C[C@H]1C(=O)O. The number of aliphatic carboxylic acids is 1. The van der Waals surface area contributed by atoms with Crippen molar-refractivity contribution >= 4 is 43.5 Å². The molecule has 0 aliphatic carbocycles. The van der Waals surface area contributed by atoms with Crippen LogP contribution in [-0.4, -0.2) is 36.9 Å². The molecule has 0 saturated carbocycles. The van der Waals surface area contributed by atoms with Gasteiger partial charge in [-0.3, -0.25) is 4.79 Å². The first-order valence-corrected chi connectivity index (χ1v) is 8.52. The van der Waals surface area contributed by atoms with E-state index >= 15 is 0 Å². The summed E-state index contributed by atoms with van der Waals surface area (Å²) in [5, 5.41) is 9.21. The number of rotatable bonds is 3. The standard InChI is InChI=1S/C12H13BrClNO4S/c1-7-5-15(6-9(7)12(16)17)20(18,19)11-4-8(13)2-3-10(11)14/h2-4,7,9H,5-6H2,1H3,(H,16,17)/t7-,9-/m1/s1. The number of sulfonamides is 1. The van der Waals surface area contributed by atoms with Crippen LogP contribution in [0.1, 0.15) is 6.92 Å². The summed E-state index contributed by atoms with van der Waals surface area (Å²) < 4.78 is 26.9. The number of nitrogens with zero attached hydrogens (tertiary/aromatic N) is 1. The minimum absolute atomic E-state index is 0.00761. The van der Waals surface area contributed by atoms with E-state index < -0.39 is 21.9 Å². The van der Waals surface area contributed by atoms with Crippen LogP contribution in [0.15, 0.2) is 27.6 Å². The van der Waals surface area contributed by atoms with Gasteiger partial charge in [0.25, 0.3) is 0 Å². The van der Waals surface area contributed by atoms with Gasteiger partial charge in [-0.1, -0.05) is 34.5 Å². The highest BCUT2D eigenvalue weighted by atomic mass is 79.9. The maximum atomic E-state index is 12.5. The van der Waals surface area contributed by atoms with E-state index in [2.05, 4.69) is 15.9 Å². The Hall–Kier alpha value is -0.630. The molecule has 0 unspecified atom stereocenters. The normalized spacial score (nSPS) is 23.9. The third kappa shape index (κ3) is 2.86.